The van der Waals surface area contributed by atoms with E-state index in [0.717, 1.165) is 5.39 Å². The zero-order valence-corrected chi connectivity index (χ0v) is 6.69. The van der Waals surface area contributed by atoms with Gasteiger partial charge in [-0.3, -0.25) is 14.9 Å². The zero-order chi connectivity index (χ0) is 9.26. The van der Waals surface area contributed by atoms with Gasteiger partial charge in [0, 0.05) is 11.6 Å². The minimum absolute atomic E-state index is 0.0412. The lowest BCUT2D eigenvalue weighted by Crippen LogP contribution is -2.00. The first-order chi connectivity index (χ1) is 6.27. The van der Waals surface area contributed by atoms with Gasteiger partial charge in [-0.15, -0.1) is 0 Å². The summed E-state index contributed by atoms with van der Waals surface area (Å²) < 4.78 is 0. The largest absolute Gasteiger partial charge is 0.481 e. The van der Waals surface area contributed by atoms with Crippen LogP contribution in [0.15, 0.2) is 18.5 Å². The van der Waals surface area contributed by atoms with E-state index in [-0.39, 0.29) is 6.42 Å². The van der Waals surface area contributed by atoms with Crippen molar-refractivity contribution in [3.63, 3.8) is 0 Å². The number of aromatic nitrogens is 3. The maximum Gasteiger partial charge on any atom is 0.309 e. The fourth-order valence-corrected chi connectivity index (χ4v) is 1.20. The summed E-state index contributed by atoms with van der Waals surface area (Å²) in [7, 11) is 0. The lowest BCUT2D eigenvalue weighted by Gasteiger charge is -1.91. The van der Waals surface area contributed by atoms with Crippen molar-refractivity contribution in [3.8, 4) is 0 Å². The number of hydrogen-bond acceptors (Lipinski definition) is 3. The van der Waals surface area contributed by atoms with Gasteiger partial charge in [0.25, 0.3) is 0 Å². The van der Waals surface area contributed by atoms with E-state index in [1.165, 1.54) is 0 Å². The highest BCUT2D eigenvalue weighted by Crippen LogP contribution is 2.13. The molecule has 2 N–H and O–H groups in total. The van der Waals surface area contributed by atoms with Gasteiger partial charge in [0.15, 0.2) is 0 Å². The van der Waals surface area contributed by atoms with E-state index in [1.807, 2.05) is 0 Å². The molecule has 0 unspecified atom stereocenters. The molecule has 0 aliphatic carbocycles. The Morgan fingerprint density at radius 3 is 3.23 bits per heavy atom. The summed E-state index contributed by atoms with van der Waals surface area (Å²) in [6.45, 7) is 0. The third-order valence-corrected chi connectivity index (χ3v) is 1.76. The van der Waals surface area contributed by atoms with Crippen LogP contribution in [-0.4, -0.2) is 26.3 Å². The molecule has 2 heterocycles. The molecule has 5 heteroatoms. The predicted molar refractivity (Wildman–Crippen MR) is 45.2 cm³/mol. The topological polar surface area (TPSA) is 78.9 Å². The number of fused-ring (bicyclic) bond motifs is 1. The molecule has 2 aromatic heterocycles. The first-order valence-electron chi connectivity index (χ1n) is 3.76. The van der Waals surface area contributed by atoms with Crippen LogP contribution in [0.4, 0.5) is 0 Å². The van der Waals surface area contributed by atoms with Crippen LogP contribution in [0.1, 0.15) is 5.69 Å². The molecule has 0 aromatic carbocycles. The third-order valence-electron chi connectivity index (χ3n) is 1.76. The van der Waals surface area contributed by atoms with E-state index < -0.39 is 5.97 Å². The number of pyridine rings is 1. The highest BCUT2D eigenvalue weighted by Gasteiger charge is 2.07. The molecule has 0 spiro atoms. The quantitative estimate of drug-likeness (QED) is 0.703. The zero-order valence-electron chi connectivity index (χ0n) is 6.69. The summed E-state index contributed by atoms with van der Waals surface area (Å²) in [4.78, 5) is 14.3. The van der Waals surface area contributed by atoms with Gasteiger partial charge in [-0.1, -0.05) is 0 Å². The number of nitrogens with zero attached hydrogens (tertiary/aromatic N) is 2. The van der Waals surface area contributed by atoms with Crippen molar-refractivity contribution in [2.75, 3.05) is 0 Å². The van der Waals surface area contributed by atoms with Crippen molar-refractivity contribution < 1.29 is 9.90 Å². The SMILES string of the molecule is O=C(O)Cc1[nH]nc2cnccc12. The highest BCUT2D eigenvalue weighted by atomic mass is 16.4. The highest BCUT2D eigenvalue weighted by molar-refractivity contribution is 5.84. The second-order valence-electron chi connectivity index (χ2n) is 2.67. The normalized spacial score (nSPS) is 10.5. The minimum atomic E-state index is -0.873. The molecule has 13 heavy (non-hydrogen) atoms. The van der Waals surface area contributed by atoms with Gasteiger partial charge >= 0.3 is 5.97 Å². The van der Waals surface area contributed by atoms with Gasteiger partial charge in [0.05, 0.1) is 18.3 Å². The van der Waals surface area contributed by atoms with Crippen molar-refractivity contribution in [1.82, 2.24) is 15.2 Å². The molecule has 0 radical (unpaired) electrons. The standard InChI is InChI=1S/C8H7N3O2/c12-8(13)3-6-5-1-2-9-4-7(5)11-10-6/h1-2,4H,3H2,(H,10,11)(H,12,13). The van der Waals surface area contributed by atoms with Gasteiger partial charge in [-0.2, -0.15) is 5.10 Å². The molecule has 0 fully saturated rings. The number of carbonyl (C=O) groups is 1. The number of nitrogens with one attached hydrogen (secondary N) is 1. The van der Waals surface area contributed by atoms with Gasteiger partial charge in [-0.25, -0.2) is 0 Å². The first kappa shape index (κ1) is 7.72. The lowest BCUT2D eigenvalue weighted by atomic mass is 10.2. The van der Waals surface area contributed by atoms with E-state index >= 15 is 0 Å². The minimum Gasteiger partial charge on any atom is -0.481 e. The van der Waals surface area contributed by atoms with E-state index in [0.29, 0.717) is 11.2 Å². The molecule has 0 amide bonds. The number of aromatic amines is 1. The first-order valence-corrected chi connectivity index (χ1v) is 3.76. The van der Waals surface area contributed by atoms with Crippen molar-refractivity contribution in [2.24, 2.45) is 0 Å². The number of carboxylic acids is 1. The smallest absolute Gasteiger partial charge is 0.309 e. The molecule has 0 atom stereocenters. The Labute approximate surface area is 73.4 Å². The number of hydrogen-bond donors (Lipinski definition) is 2. The molecule has 66 valence electrons. The Balaban J connectivity index is 2.51. The monoisotopic (exact) mass is 177 g/mol. The van der Waals surface area contributed by atoms with Gasteiger partial charge in [0.1, 0.15) is 5.52 Å². The van der Waals surface area contributed by atoms with Crippen LogP contribution in [0.5, 0.6) is 0 Å². The molecular formula is C8H7N3O2. The molecule has 0 aliphatic rings. The molecule has 2 rings (SSSR count). The Morgan fingerprint density at radius 1 is 1.62 bits per heavy atom. The lowest BCUT2D eigenvalue weighted by molar-refractivity contribution is -0.136. The summed E-state index contributed by atoms with van der Waals surface area (Å²) in [6, 6.07) is 1.75. The summed E-state index contributed by atoms with van der Waals surface area (Å²) in [6.07, 6.45) is 3.17. The summed E-state index contributed by atoms with van der Waals surface area (Å²) in [5.74, 6) is -0.873. The average Bonchev–Trinajstić information content (AvgIpc) is 2.48. The number of aliphatic carboxylic acids is 1. The van der Waals surface area contributed by atoms with Crippen LogP contribution in [0, 0.1) is 0 Å². The van der Waals surface area contributed by atoms with Crippen LogP contribution >= 0.6 is 0 Å². The fourth-order valence-electron chi connectivity index (χ4n) is 1.20. The maximum absolute atomic E-state index is 10.4. The molecule has 0 bridgehead atoms. The van der Waals surface area contributed by atoms with Crippen molar-refractivity contribution in [3.05, 3.63) is 24.2 Å². The van der Waals surface area contributed by atoms with E-state index in [9.17, 15) is 4.79 Å². The molecular weight excluding hydrogens is 170 g/mol. The average molecular weight is 177 g/mol. The van der Waals surface area contributed by atoms with Gasteiger partial charge in [0.2, 0.25) is 0 Å². The number of carboxylic acid groups (broad SMARTS) is 1. The second-order valence-corrected chi connectivity index (χ2v) is 2.67. The predicted octanol–water partition coefficient (Wildman–Crippen LogP) is 0.585. The maximum atomic E-state index is 10.4. The van der Waals surface area contributed by atoms with Crippen LogP contribution in [-0.2, 0) is 11.2 Å². The van der Waals surface area contributed by atoms with Crippen molar-refractivity contribution in [2.45, 2.75) is 6.42 Å². The Hall–Kier alpha value is -1.91. The molecule has 2 aromatic rings. The molecule has 5 nitrogen and oxygen atoms in total. The summed E-state index contributed by atoms with van der Waals surface area (Å²) in [5.41, 5.74) is 1.31. The molecule has 0 saturated carbocycles. The number of rotatable bonds is 2. The van der Waals surface area contributed by atoms with E-state index in [4.69, 9.17) is 5.11 Å². The summed E-state index contributed by atoms with van der Waals surface area (Å²) in [5, 5.41) is 16.0. The molecule has 0 aliphatic heterocycles. The fraction of sp³-hybridized carbons (Fsp3) is 0.125. The van der Waals surface area contributed by atoms with Crippen molar-refractivity contribution in [1.29, 1.82) is 0 Å². The Bertz CT molecular complexity index is 449. The Morgan fingerprint density at radius 2 is 2.46 bits per heavy atom. The van der Waals surface area contributed by atoms with Crippen LogP contribution in [0.3, 0.4) is 0 Å². The van der Waals surface area contributed by atoms with Crippen LogP contribution in [0.25, 0.3) is 10.9 Å². The van der Waals surface area contributed by atoms with Gasteiger partial charge < -0.3 is 5.11 Å². The number of H-pyrrole nitrogens is 1. The second kappa shape index (κ2) is 2.85. The summed E-state index contributed by atoms with van der Waals surface area (Å²) >= 11 is 0. The van der Waals surface area contributed by atoms with Crippen LogP contribution in [0.2, 0.25) is 0 Å². The van der Waals surface area contributed by atoms with Gasteiger partial charge in [-0.05, 0) is 6.07 Å². The van der Waals surface area contributed by atoms with E-state index in [1.54, 1.807) is 18.5 Å². The third kappa shape index (κ3) is 1.35. The van der Waals surface area contributed by atoms with E-state index in [2.05, 4.69) is 15.2 Å². The van der Waals surface area contributed by atoms with Crippen LogP contribution < -0.4 is 0 Å². The molecule has 0 saturated heterocycles. The Kier molecular flexibility index (Phi) is 1.70. The van der Waals surface area contributed by atoms with Crippen molar-refractivity contribution >= 4 is 16.9 Å².